The van der Waals surface area contributed by atoms with Gasteiger partial charge in [-0.25, -0.2) is 0 Å². The summed E-state index contributed by atoms with van der Waals surface area (Å²) in [5, 5.41) is 0. The lowest BCUT2D eigenvalue weighted by molar-refractivity contribution is 0.244. The fourth-order valence-electron chi connectivity index (χ4n) is 0.808. The molecule has 0 fully saturated rings. The lowest BCUT2D eigenvalue weighted by Crippen LogP contribution is -2.61. The van der Waals surface area contributed by atoms with Crippen molar-refractivity contribution in [2.24, 2.45) is 11.5 Å². The van der Waals surface area contributed by atoms with Crippen LogP contribution >= 0.6 is 0 Å². The summed E-state index contributed by atoms with van der Waals surface area (Å²) in [5.74, 6) is 0. The minimum atomic E-state index is -0.234. The summed E-state index contributed by atoms with van der Waals surface area (Å²) in [4.78, 5) is 0. The highest BCUT2D eigenvalue weighted by atomic mass is 14.9. The number of nitrogens with two attached hydrogens (primary N) is 2. The van der Waals surface area contributed by atoms with E-state index in [9.17, 15) is 0 Å². The highest BCUT2D eigenvalue weighted by molar-refractivity contribution is 4.99. The van der Waals surface area contributed by atoms with Gasteiger partial charge in [-0.05, 0) is 26.7 Å². The molecule has 0 saturated carbocycles. The Morgan fingerprint density at radius 1 is 0.900 bits per heavy atom. The van der Waals surface area contributed by atoms with E-state index in [2.05, 4.69) is 13.8 Å². The van der Waals surface area contributed by atoms with E-state index in [4.69, 9.17) is 11.5 Å². The summed E-state index contributed by atoms with van der Waals surface area (Å²) < 4.78 is 0. The molecular formula is C8H20N2. The van der Waals surface area contributed by atoms with Crippen LogP contribution in [0.15, 0.2) is 0 Å². The van der Waals surface area contributed by atoms with E-state index < -0.39 is 0 Å². The molecule has 2 atom stereocenters. The molecule has 10 heavy (non-hydrogen) atoms. The van der Waals surface area contributed by atoms with Gasteiger partial charge in [0.25, 0.3) is 0 Å². The van der Waals surface area contributed by atoms with Gasteiger partial charge < -0.3 is 11.5 Å². The van der Waals surface area contributed by atoms with Gasteiger partial charge >= 0.3 is 0 Å². The third-order valence-corrected chi connectivity index (χ3v) is 2.77. The van der Waals surface area contributed by atoms with Gasteiger partial charge in [0.05, 0.1) is 0 Å². The average Bonchev–Trinajstić information content (AvgIpc) is 1.88. The molecule has 62 valence electrons. The third kappa shape index (κ3) is 1.70. The maximum Gasteiger partial charge on any atom is 0.0302 e. The van der Waals surface area contributed by atoms with Crippen LogP contribution < -0.4 is 11.5 Å². The van der Waals surface area contributed by atoms with Crippen molar-refractivity contribution in [1.29, 1.82) is 0 Å². The number of hydrogen-bond donors (Lipinski definition) is 2. The second-order valence-corrected chi connectivity index (χ2v) is 3.54. The molecular weight excluding hydrogens is 124 g/mol. The van der Waals surface area contributed by atoms with Gasteiger partial charge in [-0.3, -0.25) is 0 Å². The van der Waals surface area contributed by atoms with E-state index in [1.807, 2.05) is 13.8 Å². The molecule has 0 heterocycles. The maximum absolute atomic E-state index is 5.98. The minimum absolute atomic E-state index is 0.234. The van der Waals surface area contributed by atoms with Crippen molar-refractivity contribution in [2.45, 2.75) is 51.6 Å². The van der Waals surface area contributed by atoms with Crippen LogP contribution in [0.25, 0.3) is 0 Å². The van der Waals surface area contributed by atoms with Crippen molar-refractivity contribution in [1.82, 2.24) is 0 Å². The molecule has 0 aliphatic heterocycles. The quantitative estimate of drug-likeness (QED) is 0.626. The van der Waals surface area contributed by atoms with Gasteiger partial charge in [-0.2, -0.15) is 0 Å². The first-order valence-corrected chi connectivity index (χ1v) is 3.95. The zero-order valence-electron chi connectivity index (χ0n) is 7.57. The molecule has 0 spiro atoms. The molecule has 2 nitrogen and oxygen atoms in total. The Labute approximate surface area is 64.0 Å². The molecule has 0 saturated heterocycles. The Morgan fingerprint density at radius 3 is 1.20 bits per heavy atom. The largest absolute Gasteiger partial charge is 0.324 e. The van der Waals surface area contributed by atoms with Crippen LogP contribution in [0.5, 0.6) is 0 Å². The van der Waals surface area contributed by atoms with Gasteiger partial charge in [0, 0.05) is 11.1 Å². The standard InChI is InChI=1S/C8H20N2/c1-5-7(3,9)8(4,10)6-2/h5-6,9-10H2,1-4H3. The van der Waals surface area contributed by atoms with Crippen LogP contribution in [0.1, 0.15) is 40.5 Å². The summed E-state index contributed by atoms with van der Waals surface area (Å²) in [6.07, 6.45) is 1.85. The molecule has 0 bridgehead atoms. The van der Waals surface area contributed by atoms with E-state index in [0.29, 0.717) is 0 Å². The lowest BCUT2D eigenvalue weighted by Gasteiger charge is -2.39. The van der Waals surface area contributed by atoms with Gasteiger partial charge in [-0.15, -0.1) is 0 Å². The summed E-state index contributed by atoms with van der Waals surface area (Å²) in [7, 11) is 0. The molecule has 0 aromatic heterocycles. The fourth-order valence-corrected chi connectivity index (χ4v) is 0.808. The first kappa shape index (κ1) is 9.92. The van der Waals surface area contributed by atoms with Gasteiger partial charge in [0.2, 0.25) is 0 Å². The maximum atomic E-state index is 5.98. The van der Waals surface area contributed by atoms with Crippen LogP contribution in [0, 0.1) is 0 Å². The first-order valence-electron chi connectivity index (χ1n) is 3.95. The number of hydrogen-bond acceptors (Lipinski definition) is 2. The van der Waals surface area contributed by atoms with Gasteiger partial charge in [-0.1, -0.05) is 13.8 Å². The minimum Gasteiger partial charge on any atom is -0.324 e. The zero-order valence-corrected chi connectivity index (χ0v) is 7.57. The van der Waals surface area contributed by atoms with Crippen LogP contribution in [-0.2, 0) is 0 Å². The SMILES string of the molecule is CCC(C)(N)C(C)(N)CC. The molecule has 0 amide bonds. The van der Waals surface area contributed by atoms with Crippen molar-refractivity contribution < 1.29 is 0 Å². The van der Waals surface area contributed by atoms with Crippen LogP contribution in [-0.4, -0.2) is 11.1 Å². The normalized spacial score (nSPS) is 23.4. The topological polar surface area (TPSA) is 52.0 Å². The van der Waals surface area contributed by atoms with Crippen molar-refractivity contribution in [3.63, 3.8) is 0 Å². The van der Waals surface area contributed by atoms with Crippen molar-refractivity contribution in [2.75, 3.05) is 0 Å². The summed E-state index contributed by atoms with van der Waals surface area (Å²) in [5.41, 5.74) is 11.5. The monoisotopic (exact) mass is 144 g/mol. The van der Waals surface area contributed by atoms with Crippen molar-refractivity contribution in [3.8, 4) is 0 Å². The Morgan fingerprint density at radius 2 is 1.10 bits per heavy atom. The molecule has 0 aliphatic carbocycles. The third-order valence-electron chi connectivity index (χ3n) is 2.77. The molecule has 2 unspecified atom stereocenters. The van der Waals surface area contributed by atoms with Crippen LogP contribution in [0.4, 0.5) is 0 Å². The Bertz CT molecular complexity index is 91.8. The summed E-state index contributed by atoms with van der Waals surface area (Å²) in [6.45, 7) is 8.16. The summed E-state index contributed by atoms with van der Waals surface area (Å²) in [6, 6.07) is 0. The molecule has 0 aromatic rings. The Balaban J connectivity index is 4.28. The van der Waals surface area contributed by atoms with E-state index in [1.165, 1.54) is 0 Å². The van der Waals surface area contributed by atoms with E-state index >= 15 is 0 Å². The lowest BCUT2D eigenvalue weighted by atomic mass is 9.77. The zero-order chi connectivity index (χ0) is 8.41. The highest BCUT2D eigenvalue weighted by Crippen LogP contribution is 2.22. The Hall–Kier alpha value is -0.0800. The second-order valence-electron chi connectivity index (χ2n) is 3.54. The van der Waals surface area contributed by atoms with E-state index in [1.54, 1.807) is 0 Å². The molecule has 0 radical (unpaired) electrons. The summed E-state index contributed by atoms with van der Waals surface area (Å²) >= 11 is 0. The van der Waals surface area contributed by atoms with Crippen molar-refractivity contribution >= 4 is 0 Å². The average molecular weight is 144 g/mol. The van der Waals surface area contributed by atoms with E-state index in [-0.39, 0.29) is 11.1 Å². The molecule has 0 rings (SSSR count). The van der Waals surface area contributed by atoms with Crippen LogP contribution in [0.2, 0.25) is 0 Å². The first-order chi connectivity index (χ1) is 4.37. The molecule has 2 heteroatoms. The predicted octanol–water partition coefficient (Wildman–Crippen LogP) is 1.24. The molecule has 0 aliphatic rings. The van der Waals surface area contributed by atoms with Gasteiger partial charge in [0.15, 0.2) is 0 Å². The highest BCUT2D eigenvalue weighted by Gasteiger charge is 2.34. The molecule has 4 N–H and O–H groups in total. The van der Waals surface area contributed by atoms with Crippen molar-refractivity contribution in [3.05, 3.63) is 0 Å². The predicted molar refractivity (Wildman–Crippen MR) is 45.8 cm³/mol. The number of rotatable bonds is 3. The second kappa shape index (κ2) is 2.89. The smallest absolute Gasteiger partial charge is 0.0302 e. The van der Waals surface area contributed by atoms with Gasteiger partial charge in [0.1, 0.15) is 0 Å². The van der Waals surface area contributed by atoms with E-state index in [0.717, 1.165) is 12.8 Å². The molecule has 0 aromatic carbocycles. The Kier molecular flexibility index (Phi) is 2.86. The van der Waals surface area contributed by atoms with Crippen LogP contribution in [0.3, 0.4) is 0 Å². The fraction of sp³-hybridized carbons (Fsp3) is 1.00.